The third kappa shape index (κ3) is 4.99. The third-order valence-electron chi connectivity index (χ3n) is 6.45. The van der Waals surface area contributed by atoms with Crippen LogP contribution in [0.3, 0.4) is 0 Å². The number of amidine groups is 1. The number of hydrogen-bond acceptors (Lipinski definition) is 4. The molecular formula is C25H28ClN3O3S. The van der Waals surface area contributed by atoms with E-state index in [0.717, 1.165) is 16.7 Å². The molecule has 0 bridgehead atoms. The Hall–Kier alpha value is -2.64. The normalized spacial score (nSPS) is 18.4. The largest absolute Gasteiger partial charge is 0.356 e. The Labute approximate surface area is 200 Å². The Morgan fingerprint density at radius 3 is 2.36 bits per heavy atom. The molecule has 0 saturated carbocycles. The molecule has 1 saturated heterocycles. The van der Waals surface area contributed by atoms with Gasteiger partial charge < -0.3 is 10.2 Å². The highest BCUT2D eigenvalue weighted by Gasteiger charge is 2.35. The Morgan fingerprint density at radius 2 is 1.73 bits per heavy atom. The number of likely N-dealkylation sites (tertiary alicyclic amines) is 1. The van der Waals surface area contributed by atoms with E-state index in [0.29, 0.717) is 54.5 Å². The number of carbonyl (C=O) groups is 1. The van der Waals surface area contributed by atoms with Crippen LogP contribution in [0.15, 0.2) is 52.4 Å². The molecule has 2 aromatic rings. The van der Waals surface area contributed by atoms with Gasteiger partial charge >= 0.3 is 0 Å². The second-order valence-corrected chi connectivity index (χ2v) is 10.7. The van der Waals surface area contributed by atoms with Crippen molar-refractivity contribution in [2.75, 3.05) is 13.1 Å². The molecule has 2 heterocycles. The molecule has 174 valence electrons. The lowest BCUT2D eigenvalue weighted by atomic mass is 9.95. The van der Waals surface area contributed by atoms with E-state index in [2.05, 4.69) is 9.71 Å². The predicted octanol–water partition coefficient (Wildman–Crippen LogP) is 4.46. The Morgan fingerprint density at radius 1 is 1.06 bits per heavy atom. The summed E-state index contributed by atoms with van der Waals surface area (Å²) < 4.78 is 29.9. The van der Waals surface area contributed by atoms with E-state index in [-0.39, 0.29) is 16.7 Å². The van der Waals surface area contributed by atoms with Gasteiger partial charge in [-0.2, -0.15) is 8.42 Å². The first-order chi connectivity index (χ1) is 15.7. The van der Waals surface area contributed by atoms with E-state index < -0.39 is 10.0 Å². The fourth-order valence-corrected chi connectivity index (χ4v) is 5.96. The molecule has 0 spiro atoms. The van der Waals surface area contributed by atoms with E-state index in [1.165, 1.54) is 0 Å². The first-order valence-corrected chi connectivity index (χ1v) is 12.9. The fraction of sp³-hybridized carbons (Fsp3) is 0.360. The molecule has 8 heteroatoms. The molecule has 0 radical (unpaired) electrons. The summed E-state index contributed by atoms with van der Waals surface area (Å²) in [5.41, 5.74) is 4.50. The number of rotatable bonds is 4. The number of sulfonamides is 1. The average molecular weight is 486 g/mol. The molecule has 1 N–H and O–H groups in total. The molecular weight excluding hydrogens is 458 g/mol. The zero-order valence-corrected chi connectivity index (χ0v) is 20.6. The number of carbonyl (C=O) groups excluding carboxylic acids is 1. The van der Waals surface area contributed by atoms with Gasteiger partial charge in [-0.25, -0.2) is 0 Å². The van der Waals surface area contributed by atoms with Crippen LogP contribution in [0.5, 0.6) is 0 Å². The van der Waals surface area contributed by atoms with Crippen LogP contribution in [0.4, 0.5) is 0 Å². The second kappa shape index (κ2) is 9.31. The maximum absolute atomic E-state index is 12.9. The number of nitrogens with one attached hydrogen (secondary N) is 1. The van der Waals surface area contributed by atoms with Crippen molar-refractivity contribution in [2.24, 2.45) is 10.3 Å². The average Bonchev–Trinajstić information content (AvgIpc) is 3.04. The Bertz CT molecular complexity index is 1240. The lowest BCUT2D eigenvalue weighted by Crippen LogP contribution is -2.43. The van der Waals surface area contributed by atoms with Gasteiger partial charge in [0.25, 0.3) is 10.0 Å². The van der Waals surface area contributed by atoms with Gasteiger partial charge in [-0.05, 0) is 68.0 Å². The molecule has 4 rings (SSSR count). The van der Waals surface area contributed by atoms with Crippen molar-refractivity contribution in [3.05, 3.63) is 75.3 Å². The van der Waals surface area contributed by atoms with E-state index in [1.807, 2.05) is 56.0 Å². The van der Waals surface area contributed by atoms with Crippen LogP contribution >= 0.6 is 11.6 Å². The van der Waals surface area contributed by atoms with Crippen molar-refractivity contribution in [1.82, 2.24) is 10.2 Å². The highest BCUT2D eigenvalue weighted by molar-refractivity contribution is 8.00. The van der Waals surface area contributed by atoms with Crippen LogP contribution < -0.4 is 5.32 Å². The quantitative estimate of drug-likeness (QED) is 0.693. The van der Waals surface area contributed by atoms with Gasteiger partial charge in [0.1, 0.15) is 10.7 Å². The van der Waals surface area contributed by atoms with Crippen LogP contribution in [-0.2, 0) is 21.4 Å². The molecule has 1 amide bonds. The smallest absolute Gasteiger partial charge is 0.285 e. The van der Waals surface area contributed by atoms with Gasteiger partial charge in [0, 0.05) is 36.1 Å². The lowest BCUT2D eigenvalue weighted by Gasteiger charge is -2.32. The van der Waals surface area contributed by atoms with Gasteiger partial charge in [0.05, 0.1) is 0 Å². The van der Waals surface area contributed by atoms with Crippen molar-refractivity contribution in [2.45, 2.75) is 40.2 Å². The van der Waals surface area contributed by atoms with E-state index in [1.54, 1.807) is 12.1 Å². The van der Waals surface area contributed by atoms with Crippen LogP contribution in [0, 0.1) is 19.8 Å². The summed E-state index contributed by atoms with van der Waals surface area (Å²) in [7, 11) is -3.75. The summed E-state index contributed by atoms with van der Waals surface area (Å²) in [6.07, 6.45) is 1.30. The number of hydrogen-bond donors (Lipinski definition) is 1. The summed E-state index contributed by atoms with van der Waals surface area (Å²) in [5, 5.41) is 3.66. The number of aryl methyl sites for hydroxylation is 2. The molecule has 0 atom stereocenters. The van der Waals surface area contributed by atoms with Crippen LogP contribution in [0.2, 0.25) is 5.02 Å². The number of benzene rings is 2. The van der Waals surface area contributed by atoms with E-state index in [9.17, 15) is 13.2 Å². The number of halogens is 1. The van der Waals surface area contributed by atoms with Gasteiger partial charge in [0.15, 0.2) is 0 Å². The van der Waals surface area contributed by atoms with E-state index >= 15 is 0 Å². The molecule has 0 unspecified atom stereocenters. The first kappa shape index (κ1) is 23.5. The Balaban J connectivity index is 1.41. The van der Waals surface area contributed by atoms with Crippen molar-refractivity contribution >= 4 is 38.3 Å². The minimum absolute atomic E-state index is 0.0219. The third-order valence-corrected chi connectivity index (χ3v) is 8.18. The molecule has 2 aliphatic rings. The zero-order valence-electron chi connectivity index (χ0n) is 19.1. The number of nitrogens with zero attached hydrogens (tertiary/aromatic N) is 2. The van der Waals surface area contributed by atoms with Crippen molar-refractivity contribution in [1.29, 1.82) is 0 Å². The monoisotopic (exact) mass is 485 g/mol. The molecule has 33 heavy (non-hydrogen) atoms. The highest BCUT2D eigenvalue weighted by atomic mass is 35.5. The predicted molar refractivity (Wildman–Crippen MR) is 132 cm³/mol. The maximum Gasteiger partial charge on any atom is 0.285 e. The molecule has 2 aliphatic heterocycles. The van der Waals surface area contributed by atoms with Crippen LogP contribution in [0.25, 0.3) is 4.91 Å². The maximum atomic E-state index is 12.9. The lowest BCUT2D eigenvalue weighted by molar-refractivity contribution is -0.126. The molecule has 0 aromatic heterocycles. The standard InChI is InChI=1S/C25H28ClN3O3S/c1-16-4-7-21(14-17(16)2)23-18(3)24(28-33(23,31)32)29-12-10-20(11-13-29)25(30)27-15-19-5-8-22(26)9-6-19/h4-9,14,20H,10-13,15H2,1-3H3,(H,27,30). The molecule has 1 fully saturated rings. The fourth-order valence-electron chi connectivity index (χ4n) is 4.36. The minimum Gasteiger partial charge on any atom is -0.356 e. The van der Waals surface area contributed by atoms with E-state index in [4.69, 9.17) is 11.6 Å². The molecule has 0 aliphatic carbocycles. The first-order valence-electron chi connectivity index (χ1n) is 11.1. The van der Waals surface area contributed by atoms with Gasteiger partial charge in [-0.15, -0.1) is 4.40 Å². The van der Waals surface area contributed by atoms with Gasteiger partial charge in [-0.3, -0.25) is 4.79 Å². The number of amides is 1. The minimum atomic E-state index is -3.75. The molecule has 2 aromatic carbocycles. The van der Waals surface area contributed by atoms with Gasteiger partial charge in [-0.1, -0.05) is 41.9 Å². The summed E-state index contributed by atoms with van der Waals surface area (Å²) >= 11 is 5.91. The van der Waals surface area contributed by atoms with Gasteiger partial charge in [0.2, 0.25) is 5.91 Å². The summed E-state index contributed by atoms with van der Waals surface area (Å²) in [6, 6.07) is 13.1. The topological polar surface area (TPSA) is 78.8 Å². The SMILES string of the molecule is CC1=C(c2ccc(C)c(C)c2)S(=O)(=O)N=C1N1CCC(C(=O)NCc2ccc(Cl)cc2)CC1. The summed E-state index contributed by atoms with van der Waals surface area (Å²) in [4.78, 5) is 14.9. The van der Waals surface area contributed by atoms with Crippen molar-refractivity contribution in [3.63, 3.8) is 0 Å². The second-order valence-electron chi connectivity index (χ2n) is 8.75. The van der Waals surface area contributed by atoms with Crippen molar-refractivity contribution < 1.29 is 13.2 Å². The van der Waals surface area contributed by atoms with Crippen LogP contribution in [-0.4, -0.2) is 38.2 Å². The molecule has 6 nitrogen and oxygen atoms in total. The van der Waals surface area contributed by atoms with Crippen LogP contribution in [0.1, 0.15) is 42.0 Å². The van der Waals surface area contributed by atoms with Crippen molar-refractivity contribution in [3.8, 4) is 0 Å². The highest BCUT2D eigenvalue weighted by Crippen LogP contribution is 2.35. The zero-order chi connectivity index (χ0) is 23.8. The summed E-state index contributed by atoms with van der Waals surface area (Å²) in [6.45, 7) is 7.43. The Kier molecular flexibility index (Phi) is 6.64. The number of piperidine rings is 1. The summed E-state index contributed by atoms with van der Waals surface area (Å²) in [5.74, 6) is 0.424.